The minimum Gasteiger partial charge on any atom is -0.493 e. The van der Waals surface area contributed by atoms with Gasteiger partial charge in [-0.25, -0.2) is 0 Å². The van der Waals surface area contributed by atoms with Crippen LogP contribution in [0, 0.1) is 5.92 Å². The van der Waals surface area contributed by atoms with Gasteiger partial charge in [0.25, 0.3) is 0 Å². The molecule has 1 heterocycles. The second-order valence-corrected chi connectivity index (χ2v) is 4.25. The van der Waals surface area contributed by atoms with Gasteiger partial charge in [-0.1, -0.05) is 12.1 Å². The highest BCUT2D eigenvalue weighted by molar-refractivity contribution is 5.42. The fraction of sp³-hybridized carbons (Fsp3) is 0.500. The molecule has 0 saturated heterocycles. The highest BCUT2D eigenvalue weighted by Crippen LogP contribution is 2.47. The van der Waals surface area contributed by atoms with Crippen LogP contribution in [0.2, 0.25) is 0 Å². The fourth-order valence-electron chi connectivity index (χ4n) is 2.29. The summed E-state index contributed by atoms with van der Waals surface area (Å²) in [7, 11) is 0. The first-order valence-corrected chi connectivity index (χ1v) is 5.25. The molecule has 0 bridgehead atoms. The van der Waals surface area contributed by atoms with Crippen LogP contribution in [0.15, 0.2) is 18.2 Å². The van der Waals surface area contributed by atoms with Crippen LogP contribution >= 0.6 is 0 Å². The molecule has 2 atom stereocenters. The lowest BCUT2D eigenvalue weighted by Gasteiger charge is -2.02. The van der Waals surface area contributed by atoms with Gasteiger partial charge in [-0.05, 0) is 35.4 Å². The highest BCUT2D eigenvalue weighted by Gasteiger charge is 2.37. The first-order valence-electron chi connectivity index (χ1n) is 5.25. The maximum Gasteiger partial charge on any atom is 0.122 e. The summed E-state index contributed by atoms with van der Waals surface area (Å²) in [5, 5.41) is 9.01. The number of aliphatic hydroxyl groups excluding tert-OH is 1. The van der Waals surface area contributed by atoms with Gasteiger partial charge in [0, 0.05) is 13.0 Å². The molecule has 14 heavy (non-hydrogen) atoms. The molecule has 2 unspecified atom stereocenters. The largest absolute Gasteiger partial charge is 0.493 e. The SMILES string of the molecule is OCC1CC1c1ccc2c(c1)CCO2. The second-order valence-electron chi connectivity index (χ2n) is 4.25. The van der Waals surface area contributed by atoms with Crippen molar-refractivity contribution in [3.63, 3.8) is 0 Å². The molecule has 0 spiro atoms. The lowest BCUT2D eigenvalue weighted by molar-refractivity contribution is 0.274. The van der Waals surface area contributed by atoms with Gasteiger partial charge in [0.2, 0.25) is 0 Å². The van der Waals surface area contributed by atoms with Crippen LogP contribution in [0.25, 0.3) is 0 Å². The van der Waals surface area contributed by atoms with E-state index in [0.29, 0.717) is 18.4 Å². The van der Waals surface area contributed by atoms with E-state index in [9.17, 15) is 0 Å². The van der Waals surface area contributed by atoms with Crippen molar-refractivity contribution >= 4 is 0 Å². The van der Waals surface area contributed by atoms with Gasteiger partial charge in [-0.15, -0.1) is 0 Å². The molecule has 0 aromatic heterocycles. The number of rotatable bonds is 2. The maximum atomic E-state index is 9.01. The number of ether oxygens (including phenoxy) is 1. The fourth-order valence-corrected chi connectivity index (χ4v) is 2.29. The van der Waals surface area contributed by atoms with Gasteiger partial charge in [0.05, 0.1) is 6.61 Å². The molecule has 3 rings (SSSR count). The Hall–Kier alpha value is -1.02. The summed E-state index contributed by atoms with van der Waals surface area (Å²) >= 11 is 0. The molecular weight excluding hydrogens is 176 g/mol. The van der Waals surface area contributed by atoms with Gasteiger partial charge >= 0.3 is 0 Å². The molecule has 74 valence electrons. The summed E-state index contributed by atoms with van der Waals surface area (Å²) in [6.07, 6.45) is 2.19. The Morgan fingerprint density at radius 2 is 2.36 bits per heavy atom. The zero-order valence-electron chi connectivity index (χ0n) is 8.07. The third-order valence-electron chi connectivity index (χ3n) is 3.30. The van der Waals surface area contributed by atoms with E-state index >= 15 is 0 Å². The van der Waals surface area contributed by atoms with Crippen LogP contribution in [-0.4, -0.2) is 18.3 Å². The van der Waals surface area contributed by atoms with Crippen molar-refractivity contribution in [3.8, 4) is 5.75 Å². The van der Waals surface area contributed by atoms with Crippen molar-refractivity contribution in [2.45, 2.75) is 18.8 Å². The Labute approximate surface area is 83.5 Å². The average Bonchev–Trinajstić information content (AvgIpc) is 2.87. The zero-order chi connectivity index (χ0) is 9.54. The predicted octanol–water partition coefficient (Wildman–Crippen LogP) is 1.72. The Kier molecular flexibility index (Phi) is 1.77. The molecule has 1 aromatic carbocycles. The van der Waals surface area contributed by atoms with Gasteiger partial charge < -0.3 is 9.84 Å². The normalized spacial score (nSPS) is 28.4. The number of aliphatic hydroxyl groups is 1. The topological polar surface area (TPSA) is 29.5 Å². The molecule has 0 radical (unpaired) electrons. The molecule has 2 heteroatoms. The minimum atomic E-state index is 0.332. The van der Waals surface area contributed by atoms with Gasteiger partial charge in [-0.2, -0.15) is 0 Å². The van der Waals surface area contributed by atoms with Crippen LogP contribution in [0.4, 0.5) is 0 Å². The molecule has 0 amide bonds. The highest BCUT2D eigenvalue weighted by atomic mass is 16.5. The van der Waals surface area contributed by atoms with Gasteiger partial charge in [0.15, 0.2) is 0 Å². The number of benzene rings is 1. The van der Waals surface area contributed by atoms with E-state index in [1.165, 1.54) is 11.1 Å². The lowest BCUT2D eigenvalue weighted by atomic mass is 10.0. The molecule has 1 aliphatic carbocycles. The maximum absolute atomic E-state index is 9.01. The van der Waals surface area contributed by atoms with E-state index in [-0.39, 0.29) is 0 Å². The summed E-state index contributed by atoms with van der Waals surface area (Å²) < 4.78 is 5.46. The molecule has 1 N–H and O–H groups in total. The van der Waals surface area contributed by atoms with Gasteiger partial charge in [0.1, 0.15) is 5.75 Å². The van der Waals surface area contributed by atoms with Crippen molar-refractivity contribution in [2.24, 2.45) is 5.92 Å². The van der Waals surface area contributed by atoms with Crippen molar-refractivity contribution in [3.05, 3.63) is 29.3 Å². The summed E-state index contributed by atoms with van der Waals surface area (Å²) in [6, 6.07) is 6.47. The molecule has 1 aromatic rings. The second kappa shape index (κ2) is 2.99. The summed E-state index contributed by atoms with van der Waals surface area (Å²) in [5.74, 6) is 2.16. The summed E-state index contributed by atoms with van der Waals surface area (Å²) in [4.78, 5) is 0. The monoisotopic (exact) mass is 190 g/mol. The Bertz CT molecular complexity index is 359. The molecule has 1 saturated carbocycles. The van der Waals surface area contributed by atoms with Crippen LogP contribution in [-0.2, 0) is 6.42 Å². The quantitative estimate of drug-likeness (QED) is 0.769. The predicted molar refractivity (Wildman–Crippen MR) is 53.6 cm³/mol. The van der Waals surface area contributed by atoms with E-state index < -0.39 is 0 Å². The molecule has 1 fully saturated rings. The Balaban J connectivity index is 1.87. The van der Waals surface area contributed by atoms with Gasteiger partial charge in [-0.3, -0.25) is 0 Å². The molecular formula is C12H14O2. The summed E-state index contributed by atoms with van der Waals surface area (Å²) in [6.45, 7) is 1.16. The van der Waals surface area contributed by atoms with E-state index in [1.54, 1.807) is 0 Å². The van der Waals surface area contributed by atoms with Crippen molar-refractivity contribution in [2.75, 3.05) is 13.2 Å². The first-order chi connectivity index (χ1) is 6.88. The molecule has 1 aliphatic heterocycles. The van der Waals surface area contributed by atoms with Crippen LogP contribution in [0.3, 0.4) is 0 Å². The standard InChI is InChI=1S/C12H14O2/c13-7-10-6-11(10)8-1-2-12-9(5-8)3-4-14-12/h1-2,5,10-11,13H,3-4,6-7H2. The van der Waals surface area contributed by atoms with E-state index in [2.05, 4.69) is 18.2 Å². The van der Waals surface area contributed by atoms with E-state index in [0.717, 1.165) is 25.2 Å². The summed E-state index contributed by atoms with van der Waals surface area (Å²) in [5.41, 5.74) is 2.72. The molecule has 2 nitrogen and oxygen atoms in total. The van der Waals surface area contributed by atoms with E-state index in [1.807, 2.05) is 0 Å². The Morgan fingerprint density at radius 1 is 1.43 bits per heavy atom. The van der Waals surface area contributed by atoms with Crippen molar-refractivity contribution in [1.29, 1.82) is 0 Å². The zero-order valence-corrected chi connectivity index (χ0v) is 8.07. The van der Waals surface area contributed by atoms with Crippen molar-refractivity contribution in [1.82, 2.24) is 0 Å². The van der Waals surface area contributed by atoms with E-state index in [4.69, 9.17) is 9.84 Å². The average molecular weight is 190 g/mol. The van der Waals surface area contributed by atoms with Crippen LogP contribution in [0.1, 0.15) is 23.5 Å². The smallest absolute Gasteiger partial charge is 0.122 e. The van der Waals surface area contributed by atoms with Crippen LogP contribution in [0.5, 0.6) is 5.75 Å². The number of fused-ring (bicyclic) bond motifs is 1. The third-order valence-corrected chi connectivity index (χ3v) is 3.30. The lowest BCUT2D eigenvalue weighted by Crippen LogP contribution is -1.89. The first kappa shape index (κ1) is 8.30. The number of hydrogen-bond donors (Lipinski definition) is 1. The van der Waals surface area contributed by atoms with Crippen LogP contribution < -0.4 is 4.74 Å². The Morgan fingerprint density at radius 3 is 3.14 bits per heavy atom. The minimum absolute atomic E-state index is 0.332. The third kappa shape index (κ3) is 1.22. The number of hydrogen-bond acceptors (Lipinski definition) is 2. The van der Waals surface area contributed by atoms with Crippen molar-refractivity contribution < 1.29 is 9.84 Å². The molecule has 2 aliphatic rings.